The molecule has 21 heavy (non-hydrogen) atoms. The van der Waals surface area contributed by atoms with E-state index in [4.69, 9.17) is 0 Å². The number of aromatic nitrogens is 1. The average Bonchev–Trinajstić information content (AvgIpc) is 2.52. The van der Waals surface area contributed by atoms with Crippen LogP contribution in [0.2, 0.25) is 0 Å². The Bertz CT molecular complexity index is 602. The summed E-state index contributed by atoms with van der Waals surface area (Å²) in [5.74, 6) is -0.00576. The summed E-state index contributed by atoms with van der Waals surface area (Å²) in [5, 5.41) is 3.82. The number of carbonyl (C=O) groups excluding carboxylic acids is 2. The van der Waals surface area contributed by atoms with E-state index in [2.05, 4.69) is 15.7 Å². The van der Waals surface area contributed by atoms with Crippen LogP contribution in [0, 0.1) is 0 Å². The molecule has 2 rings (SSSR count). The Morgan fingerprint density at radius 2 is 1.81 bits per heavy atom. The minimum atomic E-state index is -0.451. The molecule has 0 saturated carbocycles. The van der Waals surface area contributed by atoms with Gasteiger partial charge in [0.15, 0.2) is 5.82 Å². The number of carbonyl (C=O) groups is 2. The van der Waals surface area contributed by atoms with Crippen molar-refractivity contribution in [3.63, 3.8) is 0 Å². The lowest BCUT2D eigenvalue weighted by Crippen LogP contribution is -2.50. The van der Waals surface area contributed by atoms with Crippen LogP contribution in [0.5, 0.6) is 0 Å². The van der Waals surface area contributed by atoms with E-state index in [9.17, 15) is 9.59 Å². The van der Waals surface area contributed by atoms with Crippen LogP contribution >= 0.6 is 0 Å². The van der Waals surface area contributed by atoms with E-state index >= 15 is 0 Å². The minimum absolute atomic E-state index is 0.346. The maximum atomic E-state index is 12.2. The number of amides is 3. The fourth-order valence-electron chi connectivity index (χ4n) is 1.71. The largest absolute Gasteiger partial charge is 0.342 e. The number of anilines is 1. The first-order valence-corrected chi connectivity index (χ1v) is 6.47. The van der Waals surface area contributed by atoms with Crippen molar-refractivity contribution in [2.45, 2.75) is 13.5 Å². The van der Waals surface area contributed by atoms with E-state index in [1.54, 1.807) is 24.4 Å². The summed E-state index contributed by atoms with van der Waals surface area (Å²) in [6.45, 7) is 1.70. The Balaban J connectivity index is 2.06. The van der Waals surface area contributed by atoms with Crippen LogP contribution in [0.15, 0.2) is 54.7 Å². The number of benzene rings is 1. The number of nitrogens with one attached hydrogen (secondary N) is 2. The van der Waals surface area contributed by atoms with Gasteiger partial charge in [0, 0.05) is 19.7 Å². The van der Waals surface area contributed by atoms with Crippen LogP contribution in [0.4, 0.5) is 10.6 Å². The molecule has 0 aliphatic heterocycles. The van der Waals surface area contributed by atoms with Crippen molar-refractivity contribution in [2.24, 2.45) is 0 Å². The third-order valence-electron chi connectivity index (χ3n) is 2.64. The molecule has 0 spiro atoms. The number of pyridine rings is 1. The molecule has 0 aliphatic rings. The van der Waals surface area contributed by atoms with Gasteiger partial charge in [-0.15, -0.1) is 0 Å². The van der Waals surface area contributed by atoms with Gasteiger partial charge in [0.25, 0.3) is 0 Å². The van der Waals surface area contributed by atoms with Crippen LogP contribution in [0.25, 0.3) is 0 Å². The molecule has 6 heteroatoms. The van der Waals surface area contributed by atoms with Crippen molar-refractivity contribution < 1.29 is 9.59 Å². The lowest BCUT2D eigenvalue weighted by molar-refractivity contribution is -0.119. The molecule has 0 aliphatic carbocycles. The van der Waals surface area contributed by atoms with Gasteiger partial charge in [-0.05, 0) is 17.7 Å². The van der Waals surface area contributed by atoms with Gasteiger partial charge < -0.3 is 5.32 Å². The van der Waals surface area contributed by atoms with Crippen molar-refractivity contribution in [2.75, 3.05) is 5.01 Å². The smallest absolute Gasteiger partial charge is 0.332 e. The minimum Gasteiger partial charge on any atom is -0.332 e. The van der Waals surface area contributed by atoms with Crippen molar-refractivity contribution in [3.8, 4) is 0 Å². The first-order valence-electron chi connectivity index (χ1n) is 6.47. The fraction of sp³-hybridized carbons (Fsp3) is 0.133. The van der Waals surface area contributed by atoms with Crippen LogP contribution in [0.1, 0.15) is 12.5 Å². The summed E-state index contributed by atoms with van der Waals surface area (Å²) in [7, 11) is 0. The summed E-state index contributed by atoms with van der Waals surface area (Å²) in [4.78, 5) is 27.5. The van der Waals surface area contributed by atoms with E-state index in [-0.39, 0.29) is 5.91 Å². The molecular weight excluding hydrogens is 268 g/mol. The maximum absolute atomic E-state index is 12.2. The molecule has 1 aromatic carbocycles. The highest BCUT2D eigenvalue weighted by Crippen LogP contribution is 2.07. The Labute approximate surface area is 122 Å². The van der Waals surface area contributed by atoms with E-state index in [0.29, 0.717) is 12.4 Å². The number of hydrogen-bond donors (Lipinski definition) is 2. The fourth-order valence-corrected chi connectivity index (χ4v) is 1.71. The zero-order valence-electron chi connectivity index (χ0n) is 11.6. The van der Waals surface area contributed by atoms with E-state index in [0.717, 1.165) is 10.6 Å². The molecule has 1 aromatic heterocycles. The quantitative estimate of drug-likeness (QED) is 0.845. The highest BCUT2D eigenvalue weighted by molar-refractivity contribution is 5.93. The second-order valence-corrected chi connectivity index (χ2v) is 4.34. The predicted octanol–water partition coefficient (Wildman–Crippen LogP) is 1.85. The van der Waals surface area contributed by atoms with Crippen LogP contribution < -0.4 is 15.8 Å². The summed E-state index contributed by atoms with van der Waals surface area (Å²) >= 11 is 0. The average molecular weight is 284 g/mol. The molecule has 0 atom stereocenters. The van der Waals surface area contributed by atoms with Gasteiger partial charge in [-0.1, -0.05) is 36.4 Å². The molecule has 0 unspecified atom stereocenters. The van der Waals surface area contributed by atoms with Crippen molar-refractivity contribution in [1.29, 1.82) is 0 Å². The molecule has 108 valence electrons. The lowest BCUT2D eigenvalue weighted by Gasteiger charge is -2.21. The standard InChI is InChI=1S/C15H16N4O2/c1-12(20)18-19(14-9-5-6-10-16-14)15(21)17-11-13-7-3-2-4-8-13/h2-10H,11H2,1H3,(H,17,21)(H,18,20). The molecule has 0 bridgehead atoms. The molecule has 0 saturated heterocycles. The predicted molar refractivity (Wildman–Crippen MR) is 79.2 cm³/mol. The lowest BCUT2D eigenvalue weighted by atomic mass is 10.2. The van der Waals surface area contributed by atoms with E-state index < -0.39 is 6.03 Å². The Morgan fingerprint density at radius 1 is 1.10 bits per heavy atom. The van der Waals surface area contributed by atoms with Crippen molar-refractivity contribution in [3.05, 3.63) is 60.3 Å². The van der Waals surface area contributed by atoms with Gasteiger partial charge >= 0.3 is 6.03 Å². The summed E-state index contributed by atoms with van der Waals surface area (Å²) in [6.07, 6.45) is 1.55. The Kier molecular flexibility index (Phi) is 4.87. The van der Waals surface area contributed by atoms with Crippen LogP contribution in [0.3, 0.4) is 0 Å². The molecule has 2 N–H and O–H groups in total. The van der Waals surface area contributed by atoms with Gasteiger partial charge in [-0.2, -0.15) is 5.01 Å². The third kappa shape index (κ3) is 4.31. The SMILES string of the molecule is CC(=O)NN(C(=O)NCc1ccccc1)c1ccccn1. The zero-order chi connectivity index (χ0) is 15.1. The van der Waals surface area contributed by atoms with Gasteiger partial charge in [-0.25, -0.2) is 9.78 Å². The summed E-state index contributed by atoms with van der Waals surface area (Å²) in [5.41, 5.74) is 3.42. The highest BCUT2D eigenvalue weighted by atomic mass is 16.2. The number of urea groups is 1. The number of hydrazine groups is 1. The van der Waals surface area contributed by atoms with E-state index in [1.165, 1.54) is 6.92 Å². The molecular formula is C15H16N4O2. The number of rotatable bonds is 3. The van der Waals surface area contributed by atoms with Gasteiger partial charge in [0.2, 0.25) is 5.91 Å². The van der Waals surface area contributed by atoms with Crippen LogP contribution in [-0.4, -0.2) is 16.9 Å². The van der Waals surface area contributed by atoms with Gasteiger partial charge in [-0.3, -0.25) is 10.2 Å². The normalized spacial score (nSPS) is 9.76. The van der Waals surface area contributed by atoms with Crippen molar-refractivity contribution in [1.82, 2.24) is 15.7 Å². The monoisotopic (exact) mass is 284 g/mol. The number of hydrogen-bond acceptors (Lipinski definition) is 3. The summed E-state index contributed by atoms with van der Waals surface area (Å²) < 4.78 is 0. The second kappa shape index (κ2) is 7.04. The first kappa shape index (κ1) is 14.5. The third-order valence-corrected chi connectivity index (χ3v) is 2.64. The maximum Gasteiger partial charge on any atom is 0.342 e. The first-order chi connectivity index (χ1) is 10.2. The number of nitrogens with zero attached hydrogens (tertiary/aromatic N) is 2. The second-order valence-electron chi connectivity index (χ2n) is 4.34. The molecule has 2 aromatic rings. The van der Waals surface area contributed by atoms with Crippen molar-refractivity contribution >= 4 is 17.8 Å². The van der Waals surface area contributed by atoms with Gasteiger partial charge in [0.05, 0.1) is 0 Å². The van der Waals surface area contributed by atoms with Crippen LogP contribution in [-0.2, 0) is 11.3 Å². The topological polar surface area (TPSA) is 74.3 Å². The molecule has 1 heterocycles. The Hall–Kier alpha value is -2.89. The Morgan fingerprint density at radius 3 is 2.43 bits per heavy atom. The van der Waals surface area contributed by atoms with E-state index in [1.807, 2.05) is 30.3 Å². The highest BCUT2D eigenvalue weighted by Gasteiger charge is 2.17. The molecule has 6 nitrogen and oxygen atoms in total. The molecule has 0 fully saturated rings. The molecule has 0 radical (unpaired) electrons. The van der Waals surface area contributed by atoms with Gasteiger partial charge in [0.1, 0.15) is 0 Å². The molecule has 3 amide bonds. The summed E-state index contributed by atoms with van der Waals surface area (Å²) in [6, 6.07) is 14.2. The zero-order valence-corrected chi connectivity index (χ0v) is 11.6.